The molecule has 26 heavy (non-hydrogen) atoms. The predicted octanol–water partition coefficient (Wildman–Crippen LogP) is 7.08. The van der Waals surface area contributed by atoms with Gasteiger partial charge in [0.25, 0.3) is 0 Å². The lowest BCUT2D eigenvalue weighted by Crippen LogP contribution is -2.20. The van der Waals surface area contributed by atoms with Gasteiger partial charge in [0.2, 0.25) is 0 Å². The smallest absolute Gasteiger partial charge is 0.0184 e. The van der Waals surface area contributed by atoms with Crippen molar-refractivity contribution in [1.82, 2.24) is 0 Å². The summed E-state index contributed by atoms with van der Waals surface area (Å²) in [6.45, 7) is 9.49. The van der Waals surface area contributed by atoms with E-state index in [4.69, 9.17) is 0 Å². The number of hydrogen-bond acceptors (Lipinski definition) is 0. The number of fused-ring (bicyclic) bond motifs is 6. The average molecular weight is 338 g/mol. The zero-order valence-corrected chi connectivity index (χ0v) is 16.2. The van der Waals surface area contributed by atoms with Crippen molar-refractivity contribution in [3.05, 3.63) is 82.9 Å². The molecule has 3 aromatic carbocycles. The van der Waals surface area contributed by atoms with Gasteiger partial charge in [-0.05, 0) is 69.5 Å². The Morgan fingerprint density at radius 3 is 1.31 bits per heavy atom. The highest BCUT2D eigenvalue weighted by Crippen LogP contribution is 2.57. The van der Waals surface area contributed by atoms with Crippen molar-refractivity contribution < 1.29 is 0 Å². The molecule has 2 atom stereocenters. The molecule has 0 saturated heterocycles. The summed E-state index contributed by atoms with van der Waals surface area (Å²) < 4.78 is 0. The molecule has 0 aliphatic heterocycles. The van der Waals surface area contributed by atoms with Crippen LogP contribution < -0.4 is 0 Å². The van der Waals surface area contributed by atoms with Crippen molar-refractivity contribution in [2.75, 3.05) is 0 Å². The van der Waals surface area contributed by atoms with E-state index >= 15 is 0 Å². The van der Waals surface area contributed by atoms with E-state index in [1.54, 1.807) is 0 Å². The normalized spacial score (nSPS) is 24.8. The molecule has 2 aliphatic carbocycles. The first-order chi connectivity index (χ1) is 12.5. The molecule has 0 bridgehead atoms. The first kappa shape index (κ1) is 15.9. The van der Waals surface area contributed by atoms with E-state index in [1.165, 1.54) is 44.5 Å². The standard InChI is InChI=1S/C26H26/c1-5-25(3)21-13-9-7-11-17(21)19-16-24-20(15-23(19)25)18-12-8-10-14-22(18)26(24,4)6-2/h7-16H,5-6H2,1-4H3. The van der Waals surface area contributed by atoms with Gasteiger partial charge in [0, 0.05) is 10.8 Å². The fraction of sp³-hybridized carbons (Fsp3) is 0.308. The van der Waals surface area contributed by atoms with Gasteiger partial charge in [-0.25, -0.2) is 0 Å². The minimum Gasteiger partial charge on any atom is -0.0642 e. The van der Waals surface area contributed by atoms with Gasteiger partial charge in [0.15, 0.2) is 0 Å². The van der Waals surface area contributed by atoms with Crippen LogP contribution in [0.4, 0.5) is 0 Å². The van der Waals surface area contributed by atoms with Crippen LogP contribution in [0.25, 0.3) is 22.3 Å². The molecule has 0 aromatic heterocycles. The fourth-order valence-electron chi connectivity index (χ4n) is 5.41. The third kappa shape index (κ3) is 1.70. The summed E-state index contributed by atoms with van der Waals surface area (Å²) in [5.41, 5.74) is 12.0. The molecule has 0 N–H and O–H groups in total. The van der Waals surface area contributed by atoms with E-state index in [1.807, 2.05) is 0 Å². The first-order valence-electron chi connectivity index (χ1n) is 9.93. The molecule has 0 heteroatoms. The second-order valence-corrected chi connectivity index (χ2v) is 8.41. The van der Waals surface area contributed by atoms with Gasteiger partial charge in [0.1, 0.15) is 0 Å². The maximum atomic E-state index is 2.52. The van der Waals surface area contributed by atoms with E-state index in [-0.39, 0.29) is 10.8 Å². The Morgan fingerprint density at radius 2 is 0.923 bits per heavy atom. The molecule has 2 unspecified atom stereocenters. The molecule has 0 nitrogen and oxygen atoms in total. The quantitative estimate of drug-likeness (QED) is 0.468. The second-order valence-electron chi connectivity index (χ2n) is 8.41. The van der Waals surface area contributed by atoms with Crippen LogP contribution in [0.1, 0.15) is 62.8 Å². The molecule has 2 aliphatic rings. The van der Waals surface area contributed by atoms with Gasteiger partial charge in [0.05, 0.1) is 0 Å². The van der Waals surface area contributed by atoms with Crippen LogP contribution in [0.2, 0.25) is 0 Å². The summed E-state index contributed by atoms with van der Waals surface area (Å²) in [4.78, 5) is 0. The lowest BCUT2D eigenvalue weighted by molar-refractivity contribution is 0.558. The Hall–Kier alpha value is -2.34. The molecule has 0 amide bonds. The van der Waals surface area contributed by atoms with Crippen LogP contribution in [0, 0.1) is 0 Å². The van der Waals surface area contributed by atoms with Crippen LogP contribution in [-0.4, -0.2) is 0 Å². The van der Waals surface area contributed by atoms with Gasteiger partial charge < -0.3 is 0 Å². The van der Waals surface area contributed by atoms with Crippen molar-refractivity contribution in [2.45, 2.75) is 51.4 Å². The summed E-state index contributed by atoms with van der Waals surface area (Å²) in [6.07, 6.45) is 2.25. The Kier molecular flexibility index (Phi) is 3.11. The molecular weight excluding hydrogens is 312 g/mol. The number of hydrogen-bond donors (Lipinski definition) is 0. The Labute approximate surface area is 156 Å². The van der Waals surface area contributed by atoms with Gasteiger partial charge in [-0.15, -0.1) is 0 Å². The topological polar surface area (TPSA) is 0 Å². The van der Waals surface area contributed by atoms with Crippen LogP contribution >= 0.6 is 0 Å². The lowest BCUT2D eigenvalue weighted by Gasteiger charge is -2.28. The first-order valence-corrected chi connectivity index (χ1v) is 9.93. The highest BCUT2D eigenvalue weighted by atomic mass is 14.5. The minimum atomic E-state index is 0.112. The number of benzene rings is 3. The van der Waals surface area contributed by atoms with E-state index < -0.39 is 0 Å². The van der Waals surface area contributed by atoms with Crippen LogP contribution in [0.3, 0.4) is 0 Å². The fourth-order valence-corrected chi connectivity index (χ4v) is 5.41. The highest BCUT2D eigenvalue weighted by molar-refractivity contribution is 5.89. The SMILES string of the molecule is CCC1(C)c2ccccc2-c2cc3c(cc21)-c1ccccc1C3(C)CC. The Balaban J connectivity index is 1.87. The average Bonchev–Trinajstić information content (AvgIpc) is 3.10. The monoisotopic (exact) mass is 338 g/mol. The summed E-state index contributed by atoms with van der Waals surface area (Å²) in [6, 6.07) is 23.1. The van der Waals surface area contributed by atoms with E-state index in [0.717, 1.165) is 12.8 Å². The zero-order valence-electron chi connectivity index (χ0n) is 16.2. The summed E-state index contributed by atoms with van der Waals surface area (Å²) >= 11 is 0. The van der Waals surface area contributed by atoms with Gasteiger partial charge >= 0.3 is 0 Å². The maximum Gasteiger partial charge on any atom is 0.0184 e. The highest BCUT2D eigenvalue weighted by Gasteiger charge is 2.43. The summed E-state index contributed by atoms with van der Waals surface area (Å²) in [5.74, 6) is 0. The zero-order chi connectivity index (χ0) is 18.1. The van der Waals surface area contributed by atoms with Gasteiger partial charge in [-0.2, -0.15) is 0 Å². The summed E-state index contributed by atoms with van der Waals surface area (Å²) in [5, 5.41) is 0. The molecular formula is C26H26. The van der Waals surface area contributed by atoms with E-state index in [2.05, 4.69) is 88.4 Å². The molecule has 5 rings (SSSR count). The van der Waals surface area contributed by atoms with Gasteiger partial charge in [-0.1, -0.05) is 76.2 Å². The molecule has 0 radical (unpaired) electrons. The van der Waals surface area contributed by atoms with Crippen LogP contribution in [-0.2, 0) is 10.8 Å². The third-order valence-corrected chi connectivity index (χ3v) is 7.38. The van der Waals surface area contributed by atoms with Crippen molar-refractivity contribution in [2.24, 2.45) is 0 Å². The van der Waals surface area contributed by atoms with Crippen LogP contribution in [0.5, 0.6) is 0 Å². The molecule has 0 saturated carbocycles. The molecule has 0 fully saturated rings. The molecule has 0 heterocycles. The van der Waals surface area contributed by atoms with Crippen molar-refractivity contribution in [3.8, 4) is 22.3 Å². The Bertz CT molecular complexity index is 956. The second kappa shape index (κ2) is 5.10. The predicted molar refractivity (Wildman–Crippen MR) is 111 cm³/mol. The van der Waals surface area contributed by atoms with Crippen molar-refractivity contribution in [3.63, 3.8) is 0 Å². The van der Waals surface area contributed by atoms with Crippen molar-refractivity contribution >= 4 is 0 Å². The third-order valence-electron chi connectivity index (χ3n) is 7.38. The van der Waals surface area contributed by atoms with E-state index in [0.29, 0.717) is 0 Å². The largest absolute Gasteiger partial charge is 0.0642 e. The molecule has 130 valence electrons. The maximum absolute atomic E-state index is 2.52. The summed E-state index contributed by atoms with van der Waals surface area (Å²) in [7, 11) is 0. The lowest BCUT2D eigenvalue weighted by atomic mass is 9.75. The Morgan fingerprint density at radius 1 is 0.538 bits per heavy atom. The molecule has 3 aromatic rings. The number of rotatable bonds is 2. The van der Waals surface area contributed by atoms with Crippen molar-refractivity contribution in [1.29, 1.82) is 0 Å². The van der Waals surface area contributed by atoms with Crippen LogP contribution in [0.15, 0.2) is 60.7 Å². The van der Waals surface area contributed by atoms with Gasteiger partial charge in [-0.3, -0.25) is 0 Å². The van der Waals surface area contributed by atoms with E-state index in [9.17, 15) is 0 Å². The minimum absolute atomic E-state index is 0.112. The molecule has 0 spiro atoms.